The average Bonchev–Trinajstić information content (AvgIpc) is 2.92. The van der Waals surface area contributed by atoms with Crippen molar-refractivity contribution in [3.05, 3.63) is 17.5 Å². The van der Waals surface area contributed by atoms with E-state index >= 15 is 0 Å². The Balaban J connectivity index is 1.58. The smallest absolute Gasteiger partial charge is 0.260 e. The molecule has 0 bridgehead atoms. The van der Waals surface area contributed by atoms with Crippen LogP contribution in [-0.4, -0.2) is 39.6 Å². The highest BCUT2D eigenvalue weighted by Gasteiger charge is 2.62. The van der Waals surface area contributed by atoms with Crippen LogP contribution in [0.4, 0.5) is 8.78 Å². The van der Waals surface area contributed by atoms with E-state index in [-0.39, 0.29) is 18.4 Å². The number of amides is 1. The summed E-state index contributed by atoms with van der Waals surface area (Å²) in [4.78, 5) is 13.5. The second-order valence-corrected chi connectivity index (χ2v) is 5.95. The Morgan fingerprint density at radius 2 is 1.95 bits per heavy atom. The van der Waals surface area contributed by atoms with Crippen LogP contribution < -0.4 is 0 Å². The fourth-order valence-electron chi connectivity index (χ4n) is 2.81. The molecular formula is C14H19F2N3O. The summed E-state index contributed by atoms with van der Waals surface area (Å²) in [6.07, 6.45) is 3.31. The summed E-state index contributed by atoms with van der Waals surface area (Å²) in [5.41, 5.74) is 2.17. The van der Waals surface area contributed by atoms with E-state index in [1.54, 1.807) is 4.90 Å². The highest BCUT2D eigenvalue weighted by Crippen LogP contribution is 2.49. The van der Waals surface area contributed by atoms with Crippen molar-refractivity contribution in [2.75, 3.05) is 13.1 Å². The van der Waals surface area contributed by atoms with E-state index in [9.17, 15) is 13.6 Å². The van der Waals surface area contributed by atoms with Crippen LogP contribution >= 0.6 is 0 Å². The van der Waals surface area contributed by atoms with E-state index in [0.717, 1.165) is 24.1 Å². The molecule has 110 valence electrons. The van der Waals surface area contributed by atoms with Gasteiger partial charge in [0, 0.05) is 25.7 Å². The minimum absolute atomic E-state index is 0.270. The molecule has 1 unspecified atom stereocenters. The maximum Gasteiger partial charge on any atom is 0.260 e. The lowest BCUT2D eigenvalue weighted by Crippen LogP contribution is -2.40. The maximum absolute atomic E-state index is 12.9. The number of hydrogen-bond donors (Lipinski definition) is 0. The van der Waals surface area contributed by atoms with E-state index in [1.165, 1.54) is 0 Å². The highest BCUT2D eigenvalue weighted by atomic mass is 19.3. The molecule has 2 heterocycles. The van der Waals surface area contributed by atoms with Gasteiger partial charge in [-0.3, -0.25) is 9.48 Å². The van der Waals surface area contributed by atoms with E-state index in [0.29, 0.717) is 13.1 Å². The summed E-state index contributed by atoms with van der Waals surface area (Å²) in [5.74, 6) is -4.20. The van der Waals surface area contributed by atoms with Gasteiger partial charge in [-0.2, -0.15) is 5.10 Å². The Morgan fingerprint density at radius 1 is 1.35 bits per heavy atom. The second kappa shape index (κ2) is 4.53. The number of piperidine rings is 1. The first kappa shape index (κ1) is 13.5. The number of alkyl halides is 2. The molecule has 1 aromatic rings. The molecule has 0 spiro atoms. The molecule has 20 heavy (non-hydrogen) atoms. The third-order valence-corrected chi connectivity index (χ3v) is 4.44. The van der Waals surface area contributed by atoms with Crippen LogP contribution in [0.3, 0.4) is 0 Å². The number of rotatable bonds is 2. The highest BCUT2D eigenvalue weighted by molar-refractivity contribution is 5.83. The van der Waals surface area contributed by atoms with Gasteiger partial charge in [0.1, 0.15) is 5.92 Å². The van der Waals surface area contributed by atoms with Crippen LogP contribution in [0.15, 0.2) is 6.20 Å². The van der Waals surface area contributed by atoms with Gasteiger partial charge in [-0.15, -0.1) is 0 Å². The number of carbonyl (C=O) groups excluding carboxylic acids is 1. The van der Waals surface area contributed by atoms with E-state index in [1.807, 2.05) is 24.7 Å². The molecule has 1 saturated heterocycles. The van der Waals surface area contributed by atoms with Gasteiger partial charge >= 0.3 is 0 Å². The molecule has 4 nitrogen and oxygen atoms in total. The topological polar surface area (TPSA) is 38.1 Å². The molecule has 1 amide bonds. The van der Waals surface area contributed by atoms with Gasteiger partial charge in [0.05, 0.1) is 11.7 Å². The average molecular weight is 283 g/mol. The first-order valence-electron chi connectivity index (χ1n) is 7.07. The zero-order valence-corrected chi connectivity index (χ0v) is 11.8. The van der Waals surface area contributed by atoms with Crippen molar-refractivity contribution in [2.45, 2.75) is 45.1 Å². The van der Waals surface area contributed by atoms with Crippen LogP contribution in [0, 0.1) is 19.8 Å². The van der Waals surface area contributed by atoms with Gasteiger partial charge in [-0.1, -0.05) is 0 Å². The van der Waals surface area contributed by atoms with Crippen LogP contribution in [-0.2, 0) is 4.79 Å². The number of nitrogens with zero attached hydrogens (tertiary/aromatic N) is 3. The molecule has 0 aromatic carbocycles. The van der Waals surface area contributed by atoms with E-state index in [2.05, 4.69) is 5.10 Å². The molecule has 2 aliphatic rings. The van der Waals surface area contributed by atoms with E-state index in [4.69, 9.17) is 0 Å². The van der Waals surface area contributed by atoms with Gasteiger partial charge < -0.3 is 4.90 Å². The van der Waals surface area contributed by atoms with Crippen molar-refractivity contribution < 1.29 is 13.6 Å². The normalized spacial score (nSPS) is 25.8. The molecule has 0 N–H and O–H groups in total. The quantitative estimate of drug-likeness (QED) is 0.835. The summed E-state index contributed by atoms with van der Waals surface area (Å²) in [5, 5.41) is 4.47. The van der Waals surface area contributed by atoms with Crippen molar-refractivity contribution in [1.82, 2.24) is 14.7 Å². The molecule has 3 rings (SSSR count). The Hall–Kier alpha value is -1.46. The number of aryl methyl sites for hydroxylation is 2. The molecule has 0 radical (unpaired) electrons. The lowest BCUT2D eigenvalue weighted by molar-refractivity contribution is -0.136. The van der Waals surface area contributed by atoms with Crippen LogP contribution in [0.5, 0.6) is 0 Å². The standard InChI is InChI=1S/C14H19F2N3O/c1-9-8-19(17-10(9)2)11-3-5-18(6-4-11)13(20)12-7-14(12,15)16/h8,11-12H,3-7H2,1-2H3. The van der Waals surface area contributed by atoms with Crippen molar-refractivity contribution in [3.8, 4) is 0 Å². The number of halogens is 2. The fourth-order valence-corrected chi connectivity index (χ4v) is 2.81. The summed E-state index contributed by atoms with van der Waals surface area (Å²) in [6, 6.07) is 0.270. The molecule has 6 heteroatoms. The molecule has 1 aliphatic carbocycles. The number of hydrogen-bond acceptors (Lipinski definition) is 2. The molecule has 1 atom stereocenters. The number of likely N-dealkylation sites (tertiary alicyclic amines) is 1. The second-order valence-electron chi connectivity index (χ2n) is 5.95. The Bertz CT molecular complexity index is 513. The number of carbonyl (C=O) groups is 1. The molecule has 1 aliphatic heterocycles. The van der Waals surface area contributed by atoms with Crippen molar-refractivity contribution in [1.29, 1.82) is 0 Å². The van der Waals surface area contributed by atoms with Crippen molar-refractivity contribution in [3.63, 3.8) is 0 Å². The predicted octanol–water partition coefficient (Wildman–Crippen LogP) is 2.32. The van der Waals surface area contributed by atoms with Gasteiger partial charge in [-0.05, 0) is 32.3 Å². The van der Waals surface area contributed by atoms with Gasteiger partial charge in [0.25, 0.3) is 5.92 Å². The molecule has 1 aromatic heterocycles. The largest absolute Gasteiger partial charge is 0.342 e. The van der Waals surface area contributed by atoms with E-state index < -0.39 is 11.8 Å². The monoisotopic (exact) mass is 283 g/mol. The third-order valence-electron chi connectivity index (χ3n) is 4.44. The van der Waals surface area contributed by atoms with Crippen LogP contribution in [0.25, 0.3) is 0 Å². The fraction of sp³-hybridized carbons (Fsp3) is 0.714. The van der Waals surface area contributed by atoms with Crippen molar-refractivity contribution >= 4 is 5.91 Å². The third kappa shape index (κ3) is 2.31. The first-order valence-corrected chi connectivity index (χ1v) is 7.07. The lowest BCUT2D eigenvalue weighted by atomic mass is 10.0. The first-order chi connectivity index (χ1) is 9.38. The Kier molecular flexibility index (Phi) is 3.06. The zero-order chi connectivity index (χ0) is 14.5. The van der Waals surface area contributed by atoms with Gasteiger partial charge in [0.15, 0.2) is 0 Å². The van der Waals surface area contributed by atoms with Crippen LogP contribution in [0.1, 0.15) is 36.6 Å². The van der Waals surface area contributed by atoms with Crippen molar-refractivity contribution in [2.24, 2.45) is 5.92 Å². The summed E-state index contributed by atoms with van der Waals surface area (Å²) < 4.78 is 27.8. The molecule has 1 saturated carbocycles. The van der Waals surface area contributed by atoms with Crippen LogP contribution in [0.2, 0.25) is 0 Å². The minimum Gasteiger partial charge on any atom is -0.342 e. The summed E-state index contributed by atoms with van der Waals surface area (Å²) in [6.45, 7) is 5.09. The predicted molar refractivity (Wildman–Crippen MR) is 69.6 cm³/mol. The Morgan fingerprint density at radius 3 is 2.40 bits per heavy atom. The minimum atomic E-state index is -2.76. The van der Waals surface area contributed by atoms with Gasteiger partial charge in [-0.25, -0.2) is 8.78 Å². The summed E-state index contributed by atoms with van der Waals surface area (Å²) in [7, 11) is 0. The molecule has 2 fully saturated rings. The zero-order valence-electron chi connectivity index (χ0n) is 11.8. The maximum atomic E-state index is 12.9. The molecular weight excluding hydrogens is 264 g/mol. The number of aromatic nitrogens is 2. The lowest BCUT2D eigenvalue weighted by Gasteiger charge is -2.32. The Labute approximate surface area is 116 Å². The van der Waals surface area contributed by atoms with Gasteiger partial charge in [0.2, 0.25) is 5.91 Å². The summed E-state index contributed by atoms with van der Waals surface area (Å²) >= 11 is 0. The SMILES string of the molecule is Cc1cn(C2CCN(C(=O)C3CC3(F)F)CC2)nc1C.